The Morgan fingerprint density at radius 1 is 1.04 bits per heavy atom. The van der Waals surface area contributed by atoms with Gasteiger partial charge in [-0.25, -0.2) is 26.8 Å². The van der Waals surface area contributed by atoms with Crippen molar-refractivity contribution in [1.82, 2.24) is 16.0 Å². The Bertz CT molecular complexity index is 1560. The van der Waals surface area contributed by atoms with Crippen LogP contribution in [-0.4, -0.2) is 68.7 Å². The maximum absolute atomic E-state index is 14.0. The number of hydrogen-bond donors (Lipinski definition) is 4. The summed E-state index contributed by atoms with van der Waals surface area (Å²) in [6, 6.07) is 9.60. The van der Waals surface area contributed by atoms with Gasteiger partial charge < -0.3 is 25.8 Å². The van der Waals surface area contributed by atoms with Gasteiger partial charge in [-0.2, -0.15) is 0 Å². The zero-order valence-corrected chi connectivity index (χ0v) is 29.8. The van der Waals surface area contributed by atoms with E-state index in [2.05, 4.69) is 16.0 Å². The van der Waals surface area contributed by atoms with Gasteiger partial charge in [-0.15, -0.1) is 0 Å². The van der Waals surface area contributed by atoms with Gasteiger partial charge in [0.05, 0.1) is 22.6 Å². The van der Waals surface area contributed by atoms with Gasteiger partial charge in [0.1, 0.15) is 24.3 Å². The molecule has 0 aliphatic carbocycles. The van der Waals surface area contributed by atoms with Crippen LogP contribution >= 0.6 is 0 Å². The van der Waals surface area contributed by atoms with Crippen molar-refractivity contribution in [3.05, 3.63) is 82.6 Å². The molecule has 1 fully saturated rings. The first-order valence-electron chi connectivity index (χ1n) is 17.2. The number of nitrogens with one attached hydrogen (secondary N) is 3. The van der Waals surface area contributed by atoms with Gasteiger partial charge in [-0.1, -0.05) is 57.9 Å². The Kier molecular flexibility index (Phi) is 16.3. The molecule has 50 heavy (non-hydrogen) atoms. The first kappa shape index (κ1) is 40.5. The van der Waals surface area contributed by atoms with Gasteiger partial charge in [-0.3, -0.25) is 10.1 Å². The lowest BCUT2D eigenvalue weighted by atomic mass is 10.0. The van der Waals surface area contributed by atoms with Crippen LogP contribution in [0.15, 0.2) is 54.2 Å². The Balaban J connectivity index is 1.84. The molecule has 0 saturated carbocycles. The van der Waals surface area contributed by atoms with Crippen LogP contribution in [0.4, 0.5) is 13.6 Å². The molecule has 1 heterocycles. The molecule has 0 spiro atoms. The average molecular weight is 721 g/mol. The monoisotopic (exact) mass is 720 g/mol. The maximum Gasteiger partial charge on any atom is 0.411 e. The van der Waals surface area contributed by atoms with Crippen LogP contribution in [0.25, 0.3) is 0 Å². The van der Waals surface area contributed by atoms with E-state index >= 15 is 0 Å². The Labute approximate surface area is 293 Å². The third-order valence-corrected chi connectivity index (χ3v) is 10.6. The first-order chi connectivity index (χ1) is 23.8. The standard InChI is InChI=1S/C36H50F2N4O7S/c1-4-8-31(9-5-2)50(46,47)23-27(20-41-36(45)48-22-30-12-13-34(43)42-30)35(44)49-33(21-40-19-25-11-7-10-24(6-3)14-25)32(39)17-26-15-28(37)18-29(38)16-26/h7,10-11,14-16,18,20,30-33,40H,4-6,8-9,12-13,17,19,21-23,39H2,1-3H3,(H,41,45)(H,42,43)/b27-20+/t30-,32-,33+/m0/s1. The quantitative estimate of drug-likeness (QED) is 0.115. The number of benzene rings is 2. The number of aryl methyl sites for hydroxylation is 1. The van der Waals surface area contributed by atoms with Crippen LogP contribution in [-0.2, 0) is 48.3 Å². The summed E-state index contributed by atoms with van der Waals surface area (Å²) in [6.45, 7) is 6.09. The molecule has 5 N–H and O–H groups in total. The average Bonchev–Trinajstić information content (AvgIpc) is 3.49. The predicted molar refractivity (Wildman–Crippen MR) is 187 cm³/mol. The van der Waals surface area contributed by atoms with E-state index in [1.807, 2.05) is 45.0 Å². The van der Waals surface area contributed by atoms with Crippen molar-refractivity contribution in [2.75, 3.05) is 18.9 Å². The second-order valence-electron chi connectivity index (χ2n) is 12.6. The highest BCUT2D eigenvalue weighted by Crippen LogP contribution is 2.20. The van der Waals surface area contributed by atoms with E-state index in [0.29, 0.717) is 45.1 Å². The predicted octanol–water partition coefficient (Wildman–Crippen LogP) is 4.37. The third kappa shape index (κ3) is 13.4. The number of carbonyl (C=O) groups excluding carboxylic acids is 3. The van der Waals surface area contributed by atoms with Gasteiger partial charge in [0.2, 0.25) is 5.91 Å². The lowest BCUT2D eigenvalue weighted by molar-refractivity contribution is -0.145. The topological polar surface area (TPSA) is 166 Å². The molecule has 1 aliphatic heterocycles. The molecule has 0 bridgehead atoms. The van der Waals surface area contributed by atoms with Crippen LogP contribution in [0, 0.1) is 11.6 Å². The molecular formula is C36H50F2N4O7S. The van der Waals surface area contributed by atoms with E-state index in [-0.39, 0.29) is 42.7 Å². The summed E-state index contributed by atoms with van der Waals surface area (Å²) in [5.41, 5.74) is 8.49. The summed E-state index contributed by atoms with van der Waals surface area (Å²) >= 11 is 0. The third-order valence-electron chi connectivity index (χ3n) is 8.42. The summed E-state index contributed by atoms with van der Waals surface area (Å²) in [5.74, 6) is -3.48. The molecule has 2 amide bonds. The van der Waals surface area contributed by atoms with Crippen LogP contribution in [0.5, 0.6) is 0 Å². The van der Waals surface area contributed by atoms with E-state index in [0.717, 1.165) is 41.9 Å². The van der Waals surface area contributed by atoms with Crippen LogP contribution in [0.3, 0.4) is 0 Å². The first-order valence-corrected chi connectivity index (χ1v) is 18.9. The molecule has 1 saturated heterocycles. The van der Waals surface area contributed by atoms with Gasteiger partial charge in [0.15, 0.2) is 9.84 Å². The summed E-state index contributed by atoms with van der Waals surface area (Å²) in [5, 5.41) is 7.51. The Hall–Kier alpha value is -3.88. The summed E-state index contributed by atoms with van der Waals surface area (Å²) in [6.07, 6.45) is 2.53. The number of esters is 1. The number of carbonyl (C=O) groups is 3. The second-order valence-corrected chi connectivity index (χ2v) is 14.9. The number of ether oxygens (including phenoxy) is 2. The molecule has 276 valence electrons. The number of sulfone groups is 1. The lowest BCUT2D eigenvalue weighted by Gasteiger charge is -2.26. The van der Waals surface area contributed by atoms with E-state index in [1.54, 1.807) is 0 Å². The van der Waals surface area contributed by atoms with E-state index in [1.165, 1.54) is 0 Å². The number of nitrogens with two attached hydrogens (primary N) is 1. The lowest BCUT2D eigenvalue weighted by Crippen LogP contribution is -2.46. The molecule has 0 radical (unpaired) electrons. The number of hydrogen-bond acceptors (Lipinski definition) is 9. The van der Waals surface area contributed by atoms with Crippen molar-refractivity contribution in [2.45, 2.75) is 102 Å². The van der Waals surface area contributed by atoms with Crippen molar-refractivity contribution in [1.29, 1.82) is 0 Å². The fraction of sp³-hybridized carbons (Fsp3) is 0.528. The molecule has 0 unspecified atom stereocenters. The minimum Gasteiger partial charge on any atom is -0.456 e. The van der Waals surface area contributed by atoms with E-state index in [4.69, 9.17) is 15.2 Å². The zero-order chi connectivity index (χ0) is 36.7. The fourth-order valence-corrected chi connectivity index (χ4v) is 7.81. The van der Waals surface area contributed by atoms with Gasteiger partial charge in [0, 0.05) is 37.8 Å². The second kappa shape index (κ2) is 20.1. The molecule has 1 aliphatic rings. The van der Waals surface area contributed by atoms with Gasteiger partial charge in [-0.05, 0) is 60.9 Å². The largest absolute Gasteiger partial charge is 0.456 e. The van der Waals surface area contributed by atoms with Crippen LogP contribution in [0.1, 0.15) is 76.0 Å². The Morgan fingerprint density at radius 3 is 2.34 bits per heavy atom. The summed E-state index contributed by atoms with van der Waals surface area (Å²) in [7, 11) is -3.88. The van der Waals surface area contributed by atoms with Crippen LogP contribution < -0.4 is 21.7 Å². The highest BCUT2D eigenvalue weighted by Gasteiger charge is 2.31. The summed E-state index contributed by atoms with van der Waals surface area (Å²) in [4.78, 5) is 37.8. The SMILES string of the molecule is CCCC(CCC)S(=O)(=O)C/C(=C\NC(=O)OC[C@@H]1CCC(=O)N1)C(=O)O[C@H](CNCc1cccc(CC)c1)[C@@H](N)Cc1cc(F)cc(F)c1. The van der Waals surface area contributed by atoms with E-state index in [9.17, 15) is 31.6 Å². The molecule has 2 aromatic rings. The highest BCUT2D eigenvalue weighted by atomic mass is 32.2. The molecule has 0 aromatic heterocycles. The zero-order valence-electron chi connectivity index (χ0n) is 29.0. The van der Waals surface area contributed by atoms with Crippen molar-refractivity contribution >= 4 is 27.8 Å². The molecule has 11 nitrogen and oxygen atoms in total. The fourth-order valence-electron chi connectivity index (χ4n) is 5.75. The molecule has 3 rings (SSSR count). The number of rotatable bonds is 20. The van der Waals surface area contributed by atoms with Gasteiger partial charge in [0.25, 0.3) is 0 Å². The van der Waals surface area contributed by atoms with Crippen molar-refractivity contribution in [2.24, 2.45) is 5.73 Å². The van der Waals surface area contributed by atoms with Crippen molar-refractivity contribution in [3.8, 4) is 0 Å². The maximum atomic E-state index is 14.0. The highest BCUT2D eigenvalue weighted by molar-refractivity contribution is 7.92. The molecule has 3 atom stereocenters. The van der Waals surface area contributed by atoms with Crippen molar-refractivity contribution in [3.63, 3.8) is 0 Å². The Morgan fingerprint density at radius 2 is 1.72 bits per heavy atom. The number of amides is 2. The van der Waals surface area contributed by atoms with Crippen molar-refractivity contribution < 1.29 is 41.1 Å². The van der Waals surface area contributed by atoms with Gasteiger partial charge >= 0.3 is 12.1 Å². The summed E-state index contributed by atoms with van der Waals surface area (Å²) < 4.78 is 66.1. The number of alkyl carbamates (subject to hydrolysis) is 1. The van der Waals surface area contributed by atoms with E-state index < -0.39 is 56.7 Å². The molecule has 2 aromatic carbocycles. The normalized spacial score (nSPS) is 16.2. The number of halogens is 2. The minimum absolute atomic E-state index is 0.0258. The minimum atomic E-state index is -3.88. The van der Waals surface area contributed by atoms with Crippen LogP contribution in [0.2, 0.25) is 0 Å². The molecular weight excluding hydrogens is 670 g/mol. The molecule has 14 heteroatoms. The smallest absolute Gasteiger partial charge is 0.411 e.